The van der Waals surface area contributed by atoms with Crippen molar-refractivity contribution in [1.29, 1.82) is 0 Å². The molecule has 0 heterocycles. The Balaban J connectivity index is 2.64. The van der Waals surface area contributed by atoms with Crippen molar-refractivity contribution in [2.45, 2.75) is 46.1 Å². The van der Waals surface area contributed by atoms with E-state index in [-0.39, 0.29) is 11.9 Å². The lowest BCUT2D eigenvalue weighted by molar-refractivity contribution is -0.121. The first-order chi connectivity index (χ1) is 7.54. The summed E-state index contributed by atoms with van der Waals surface area (Å²) in [6.45, 7) is 7.30. The third kappa shape index (κ3) is 3.63. The third-order valence-corrected chi connectivity index (χ3v) is 3.22. The maximum Gasteiger partial charge on any atom is 0.234 e. The van der Waals surface area contributed by atoms with Gasteiger partial charge in [-0.3, -0.25) is 4.79 Å². The molecule has 1 aliphatic carbocycles. The SMILES string of the molecule is CCCNC(C(N)=O)C1CC(C)=CC(C)C1. The van der Waals surface area contributed by atoms with E-state index in [4.69, 9.17) is 5.73 Å². The molecule has 16 heavy (non-hydrogen) atoms. The molecule has 0 fully saturated rings. The van der Waals surface area contributed by atoms with E-state index in [2.05, 4.69) is 32.2 Å². The Bertz CT molecular complexity index is 273. The fourth-order valence-corrected chi connectivity index (χ4v) is 2.65. The number of allylic oxidation sites excluding steroid dienone is 2. The molecule has 3 unspecified atom stereocenters. The molecule has 0 aromatic carbocycles. The van der Waals surface area contributed by atoms with E-state index >= 15 is 0 Å². The minimum Gasteiger partial charge on any atom is -0.368 e. The summed E-state index contributed by atoms with van der Waals surface area (Å²) in [5.74, 6) is 0.716. The zero-order valence-corrected chi connectivity index (χ0v) is 10.6. The first kappa shape index (κ1) is 13.2. The maximum absolute atomic E-state index is 11.5. The van der Waals surface area contributed by atoms with Gasteiger partial charge < -0.3 is 11.1 Å². The van der Waals surface area contributed by atoms with Gasteiger partial charge in [0.05, 0.1) is 6.04 Å². The van der Waals surface area contributed by atoms with Crippen LogP contribution in [0, 0.1) is 11.8 Å². The highest BCUT2D eigenvalue weighted by atomic mass is 16.1. The number of primary amides is 1. The Hall–Kier alpha value is -0.830. The van der Waals surface area contributed by atoms with Gasteiger partial charge in [-0.15, -0.1) is 0 Å². The van der Waals surface area contributed by atoms with Crippen LogP contribution in [0.1, 0.15) is 40.0 Å². The molecule has 0 aromatic rings. The molecule has 0 spiro atoms. The molecule has 92 valence electrons. The number of hydrogen-bond acceptors (Lipinski definition) is 2. The summed E-state index contributed by atoms with van der Waals surface area (Å²) in [6, 6.07) is -0.161. The summed E-state index contributed by atoms with van der Waals surface area (Å²) in [6.07, 6.45) is 5.38. The summed E-state index contributed by atoms with van der Waals surface area (Å²) in [4.78, 5) is 11.5. The van der Waals surface area contributed by atoms with Gasteiger partial charge in [-0.05, 0) is 44.6 Å². The van der Waals surface area contributed by atoms with Crippen LogP contribution in [0.25, 0.3) is 0 Å². The standard InChI is InChI=1S/C13H24N2O/c1-4-5-15-12(13(14)16)11-7-9(2)6-10(3)8-11/h6,9,11-12,15H,4-5,7-8H2,1-3H3,(H2,14,16). The predicted molar refractivity (Wildman–Crippen MR) is 66.9 cm³/mol. The highest BCUT2D eigenvalue weighted by Gasteiger charge is 2.29. The second kappa shape index (κ2) is 6.04. The molecule has 0 aliphatic heterocycles. The molecule has 0 aromatic heterocycles. The van der Waals surface area contributed by atoms with Crippen molar-refractivity contribution in [2.24, 2.45) is 17.6 Å². The van der Waals surface area contributed by atoms with Crippen LogP contribution in [-0.2, 0) is 4.79 Å². The van der Waals surface area contributed by atoms with Gasteiger partial charge in [0.1, 0.15) is 0 Å². The van der Waals surface area contributed by atoms with Gasteiger partial charge in [-0.2, -0.15) is 0 Å². The molecule has 0 saturated heterocycles. The van der Waals surface area contributed by atoms with Crippen molar-refractivity contribution in [3.8, 4) is 0 Å². The van der Waals surface area contributed by atoms with Gasteiger partial charge in [0.25, 0.3) is 0 Å². The van der Waals surface area contributed by atoms with Gasteiger partial charge in [-0.1, -0.05) is 25.5 Å². The number of carbonyl (C=O) groups excluding carboxylic acids is 1. The van der Waals surface area contributed by atoms with Gasteiger partial charge in [0, 0.05) is 0 Å². The lowest BCUT2D eigenvalue weighted by atomic mass is 9.79. The van der Waals surface area contributed by atoms with Crippen LogP contribution in [0.4, 0.5) is 0 Å². The zero-order chi connectivity index (χ0) is 12.1. The second-order valence-electron chi connectivity index (χ2n) is 5.02. The topological polar surface area (TPSA) is 55.1 Å². The fourth-order valence-electron chi connectivity index (χ4n) is 2.65. The number of amides is 1. The molecule has 0 bridgehead atoms. The molecular weight excluding hydrogens is 200 g/mol. The van der Waals surface area contributed by atoms with Gasteiger partial charge in [0.2, 0.25) is 5.91 Å². The number of rotatable bonds is 5. The normalized spacial score (nSPS) is 27.3. The summed E-state index contributed by atoms with van der Waals surface area (Å²) >= 11 is 0. The van der Waals surface area contributed by atoms with Crippen molar-refractivity contribution >= 4 is 5.91 Å². The zero-order valence-electron chi connectivity index (χ0n) is 10.6. The lowest BCUT2D eigenvalue weighted by Gasteiger charge is -2.31. The summed E-state index contributed by atoms with van der Waals surface area (Å²) in [5, 5.41) is 3.28. The highest BCUT2D eigenvalue weighted by Crippen LogP contribution is 2.30. The molecule has 1 aliphatic rings. The summed E-state index contributed by atoms with van der Waals surface area (Å²) in [5.41, 5.74) is 6.86. The lowest BCUT2D eigenvalue weighted by Crippen LogP contribution is -2.47. The molecule has 3 atom stereocenters. The molecular formula is C13H24N2O. The van der Waals surface area contributed by atoms with E-state index in [1.807, 2.05) is 0 Å². The van der Waals surface area contributed by atoms with Crippen LogP contribution >= 0.6 is 0 Å². The minimum absolute atomic E-state index is 0.161. The Morgan fingerprint density at radius 2 is 2.38 bits per heavy atom. The highest BCUT2D eigenvalue weighted by molar-refractivity contribution is 5.80. The molecule has 0 saturated carbocycles. The maximum atomic E-state index is 11.5. The first-order valence-electron chi connectivity index (χ1n) is 6.24. The van der Waals surface area contributed by atoms with Crippen molar-refractivity contribution in [2.75, 3.05) is 6.54 Å². The summed E-state index contributed by atoms with van der Waals surface area (Å²) < 4.78 is 0. The van der Waals surface area contributed by atoms with Gasteiger partial charge in [0.15, 0.2) is 0 Å². The smallest absolute Gasteiger partial charge is 0.234 e. The Morgan fingerprint density at radius 1 is 1.69 bits per heavy atom. The third-order valence-electron chi connectivity index (χ3n) is 3.22. The van der Waals surface area contributed by atoms with Crippen LogP contribution in [0.15, 0.2) is 11.6 Å². The number of nitrogens with one attached hydrogen (secondary N) is 1. The predicted octanol–water partition coefficient (Wildman–Crippen LogP) is 1.83. The quantitative estimate of drug-likeness (QED) is 0.700. The van der Waals surface area contributed by atoms with E-state index in [9.17, 15) is 4.79 Å². The van der Waals surface area contributed by atoms with E-state index in [0.29, 0.717) is 11.8 Å². The molecule has 3 heteroatoms. The Kier molecular flexibility index (Phi) is 5.00. The Morgan fingerprint density at radius 3 is 2.88 bits per heavy atom. The average molecular weight is 224 g/mol. The largest absolute Gasteiger partial charge is 0.368 e. The number of hydrogen-bond donors (Lipinski definition) is 2. The van der Waals surface area contributed by atoms with Crippen molar-refractivity contribution in [3.63, 3.8) is 0 Å². The molecule has 1 rings (SSSR count). The van der Waals surface area contributed by atoms with Crippen LogP contribution in [0.3, 0.4) is 0 Å². The Labute approximate surface area is 98.5 Å². The number of carbonyl (C=O) groups is 1. The van der Waals surface area contributed by atoms with E-state index in [1.54, 1.807) is 0 Å². The molecule has 1 amide bonds. The summed E-state index contributed by atoms with van der Waals surface area (Å²) in [7, 11) is 0. The average Bonchev–Trinajstić information content (AvgIpc) is 2.16. The molecule has 0 radical (unpaired) electrons. The number of nitrogens with two attached hydrogens (primary N) is 1. The van der Waals surface area contributed by atoms with Crippen LogP contribution in [-0.4, -0.2) is 18.5 Å². The van der Waals surface area contributed by atoms with Crippen LogP contribution in [0.5, 0.6) is 0 Å². The first-order valence-corrected chi connectivity index (χ1v) is 6.24. The van der Waals surface area contributed by atoms with Gasteiger partial charge >= 0.3 is 0 Å². The van der Waals surface area contributed by atoms with Crippen molar-refractivity contribution < 1.29 is 4.79 Å². The van der Waals surface area contributed by atoms with E-state index < -0.39 is 0 Å². The second-order valence-corrected chi connectivity index (χ2v) is 5.02. The molecule has 3 nitrogen and oxygen atoms in total. The van der Waals surface area contributed by atoms with Crippen LogP contribution < -0.4 is 11.1 Å². The van der Waals surface area contributed by atoms with E-state index in [0.717, 1.165) is 25.8 Å². The monoisotopic (exact) mass is 224 g/mol. The van der Waals surface area contributed by atoms with E-state index in [1.165, 1.54) is 5.57 Å². The van der Waals surface area contributed by atoms with Crippen molar-refractivity contribution in [1.82, 2.24) is 5.32 Å². The van der Waals surface area contributed by atoms with Gasteiger partial charge in [-0.25, -0.2) is 0 Å². The molecule has 3 N–H and O–H groups in total. The fraction of sp³-hybridized carbons (Fsp3) is 0.769. The van der Waals surface area contributed by atoms with Crippen LogP contribution in [0.2, 0.25) is 0 Å². The van der Waals surface area contributed by atoms with Crippen molar-refractivity contribution in [3.05, 3.63) is 11.6 Å². The minimum atomic E-state index is -0.208.